The maximum absolute atomic E-state index is 10.9. The molecule has 26 heavy (non-hydrogen) atoms. The van der Waals surface area contributed by atoms with Crippen LogP contribution < -0.4 is 5.32 Å². The number of hydrogen-bond acceptors (Lipinski definition) is 3. The molecule has 4 rings (SSSR count). The molecule has 0 aliphatic heterocycles. The summed E-state index contributed by atoms with van der Waals surface area (Å²) in [5.41, 5.74) is 5.74. The Balaban J connectivity index is 1.70. The first-order valence-corrected chi connectivity index (χ1v) is 8.95. The second kappa shape index (κ2) is 7.04. The van der Waals surface area contributed by atoms with Crippen LogP contribution in [0.2, 0.25) is 0 Å². The summed E-state index contributed by atoms with van der Waals surface area (Å²) in [6, 6.07) is 14.6. The number of aromatic amines is 1. The van der Waals surface area contributed by atoms with Crippen molar-refractivity contribution in [3.8, 4) is 11.1 Å². The average molecular weight is 347 g/mol. The van der Waals surface area contributed by atoms with Gasteiger partial charge in [0.25, 0.3) is 0 Å². The Bertz CT molecular complexity index is 971. The fourth-order valence-corrected chi connectivity index (χ4v) is 3.56. The zero-order valence-corrected chi connectivity index (χ0v) is 14.5. The number of nitrogens with zero attached hydrogens (tertiary/aromatic N) is 1. The highest BCUT2D eigenvalue weighted by Crippen LogP contribution is 2.34. The number of aliphatic carboxylic acids is 1. The van der Waals surface area contributed by atoms with E-state index in [1.165, 1.54) is 30.4 Å². The van der Waals surface area contributed by atoms with Crippen LogP contribution in [0.15, 0.2) is 48.5 Å². The van der Waals surface area contributed by atoms with Crippen molar-refractivity contribution < 1.29 is 9.90 Å². The van der Waals surface area contributed by atoms with E-state index in [0.717, 1.165) is 28.5 Å². The van der Waals surface area contributed by atoms with E-state index in [0.29, 0.717) is 5.82 Å². The molecule has 3 aromatic rings. The molecule has 2 aromatic carbocycles. The zero-order valence-electron chi connectivity index (χ0n) is 14.5. The van der Waals surface area contributed by atoms with Crippen LogP contribution in [0.5, 0.6) is 0 Å². The molecule has 1 heterocycles. The fraction of sp³-hybridized carbons (Fsp3) is 0.238. The molecule has 0 saturated carbocycles. The Morgan fingerprint density at radius 2 is 1.92 bits per heavy atom. The van der Waals surface area contributed by atoms with E-state index < -0.39 is 5.97 Å². The van der Waals surface area contributed by atoms with Gasteiger partial charge < -0.3 is 10.4 Å². The minimum atomic E-state index is -0.913. The van der Waals surface area contributed by atoms with E-state index in [1.807, 2.05) is 18.2 Å². The summed E-state index contributed by atoms with van der Waals surface area (Å²) in [6.07, 6.45) is 7.23. The summed E-state index contributed by atoms with van der Waals surface area (Å²) in [5.74, 6) is -0.346. The smallest absolute Gasteiger partial charge is 0.322 e. The zero-order chi connectivity index (χ0) is 17.9. The summed E-state index contributed by atoms with van der Waals surface area (Å²) in [6.45, 7) is -0.165. The predicted octanol–water partition coefficient (Wildman–Crippen LogP) is 4.68. The predicted molar refractivity (Wildman–Crippen MR) is 104 cm³/mol. The molecule has 0 bridgehead atoms. The van der Waals surface area contributed by atoms with Crippen LogP contribution in [-0.2, 0) is 4.79 Å². The summed E-state index contributed by atoms with van der Waals surface area (Å²) in [4.78, 5) is 10.9. The van der Waals surface area contributed by atoms with E-state index >= 15 is 0 Å². The molecular weight excluding hydrogens is 326 g/mol. The van der Waals surface area contributed by atoms with Gasteiger partial charge in [0, 0.05) is 0 Å². The monoisotopic (exact) mass is 347 g/mol. The lowest BCUT2D eigenvalue weighted by molar-refractivity contribution is -0.134. The number of carbonyl (C=O) groups is 1. The Hall–Kier alpha value is -3.08. The maximum Gasteiger partial charge on any atom is 0.322 e. The molecule has 132 valence electrons. The van der Waals surface area contributed by atoms with Crippen LogP contribution in [0.25, 0.3) is 27.6 Å². The van der Waals surface area contributed by atoms with Crippen LogP contribution in [0.3, 0.4) is 0 Å². The quantitative estimate of drug-likeness (QED) is 0.626. The molecule has 0 fully saturated rings. The van der Waals surface area contributed by atoms with E-state index in [4.69, 9.17) is 5.11 Å². The van der Waals surface area contributed by atoms with Crippen molar-refractivity contribution in [3.63, 3.8) is 0 Å². The molecule has 0 atom stereocenters. The molecule has 1 aliphatic carbocycles. The molecule has 0 saturated heterocycles. The molecule has 1 aromatic heterocycles. The Kier molecular flexibility index (Phi) is 4.44. The van der Waals surface area contributed by atoms with Crippen molar-refractivity contribution in [2.24, 2.45) is 0 Å². The third-order valence-electron chi connectivity index (χ3n) is 4.85. The van der Waals surface area contributed by atoms with Crippen molar-refractivity contribution in [2.75, 3.05) is 11.9 Å². The van der Waals surface area contributed by atoms with Gasteiger partial charge in [0.05, 0.1) is 10.9 Å². The largest absolute Gasteiger partial charge is 0.480 e. The summed E-state index contributed by atoms with van der Waals surface area (Å²) in [5, 5.41) is 19.9. The number of allylic oxidation sites excluding steroid dienone is 2. The number of carboxylic acids is 1. The SMILES string of the molecule is O=C(O)CNc1n[nH]c2cccc(-c3ccc(C4=CCCCC4)cc3)c12. The van der Waals surface area contributed by atoms with E-state index in [-0.39, 0.29) is 6.54 Å². The molecule has 0 spiro atoms. The first-order valence-electron chi connectivity index (χ1n) is 8.95. The Morgan fingerprint density at radius 1 is 1.12 bits per heavy atom. The average Bonchev–Trinajstić information content (AvgIpc) is 3.10. The number of rotatable bonds is 5. The highest BCUT2D eigenvalue weighted by molar-refractivity contribution is 6.02. The lowest BCUT2D eigenvalue weighted by atomic mass is 9.92. The van der Waals surface area contributed by atoms with Crippen molar-refractivity contribution in [1.82, 2.24) is 10.2 Å². The number of fused-ring (bicyclic) bond motifs is 1. The number of anilines is 1. The van der Waals surface area contributed by atoms with Crippen LogP contribution in [0, 0.1) is 0 Å². The van der Waals surface area contributed by atoms with E-state index in [2.05, 4.69) is 45.9 Å². The van der Waals surface area contributed by atoms with Crippen LogP contribution >= 0.6 is 0 Å². The molecule has 0 radical (unpaired) electrons. The molecule has 5 nitrogen and oxygen atoms in total. The number of hydrogen-bond donors (Lipinski definition) is 3. The van der Waals surface area contributed by atoms with Crippen LogP contribution in [0.4, 0.5) is 5.82 Å². The van der Waals surface area contributed by atoms with Gasteiger partial charge in [-0.2, -0.15) is 5.10 Å². The highest BCUT2D eigenvalue weighted by Gasteiger charge is 2.13. The number of benzene rings is 2. The normalized spacial score (nSPS) is 14.2. The first-order chi connectivity index (χ1) is 12.7. The number of aromatic nitrogens is 2. The molecule has 5 heteroatoms. The van der Waals surface area contributed by atoms with Gasteiger partial charge in [0.2, 0.25) is 0 Å². The van der Waals surface area contributed by atoms with Crippen molar-refractivity contribution >= 4 is 28.3 Å². The molecule has 0 unspecified atom stereocenters. The van der Waals surface area contributed by atoms with Gasteiger partial charge in [0.1, 0.15) is 6.54 Å². The molecule has 0 amide bonds. The van der Waals surface area contributed by atoms with Gasteiger partial charge in [-0.3, -0.25) is 9.89 Å². The van der Waals surface area contributed by atoms with Crippen LogP contribution in [-0.4, -0.2) is 27.8 Å². The van der Waals surface area contributed by atoms with Crippen LogP contribution in [0.1, 0.15) is 31.2 Å². The topological polar surface area (TPSA) is 78.0 Å². The van der Waals surface area contributed by atoms with Gasteiger partial charge in [-0.1, -0.05) is 42.5 Å². The summed E-state index contributed by atoms with van der Waals surface area (Å²) < 4.78 is 0. The lowest BCUT2D eigenvalue weighted by Crippen LogP contribution is -2.12. The molecule has 3 N–H and O–H groups in total. The summed E-state index contributed by atoms with van der Waals surface area (Å²) >= 11 is 0. The van der Waals surface area contributed by atoms with Crippen molar-refractivity contribution in [1.29, 1.82) is 0 Å². The van der Waals surface area contributed by atoms with Gasteiger partial charge in [-0.05, 0) is 54.0 Å². The Morgan fingerprint density at radius 3 is 2.65 bits per heavy atom. The van der Waals surface area contributed by atoms with E-state index in [1.54, 1.807) is 0 Å². The van der Waals surface area contributed by atoms with Gasteiger partial charge in [0.15, 0.2) is 5.82 Å². The van der Waals surface area contributed by atoms with Crippen molar-refractivity contribution in [3.05, 3.63) is 54.1 Å². The number of carboxylic acid groups (broad SMARTS) is 1. The van der Waals surface area contributed by atoms with Crippen molar-refractivity contribution in [2.45, 2.75) is 25.7 Å². The minimum Gasteiger partial charge on any atom is -0.480 e. The third kappa shape index (κ3) is 3.20. The molecular formula is C21H21N3O2. The summed E-state index contributed by atoms with van der Waals surface area (Å²) in [7, 11) is 0. The van der Waals surface area contributed by atoms with Gasteiger partial charge >= 0.3 is 5.97 Å². The fourth-order valence-electron chi connectivity index (χ4n) is 3.56. The Labute approximate surface area is 151 Å². The number of nitrogens with one attached hydrogen (secondary N) is 2. The van der Waals surface area contributed by atoms with Gasteiger partial charge in [-0.25, -0.2) is 0 Å². The standard InChI is InChI=1S/C21H21N3O2/c25-19(26)13-22-21-20-17(7-4-8-18(20)23-24-21)16-11-9-15(10-12-16)14-5-2-1-3-6-14/h4-5,7-12H,1-3,6,13H2,(H,25,26)(H2,22,23,24). The highest BCUT2D eigenvalue weighted by atomic mass is 16.4. The third-order valence-corrected chi connectivity index (χ3v) is 4.85. The van der Waals surface area contributed by atoms with Gasteiger partial charge in [-0.15, -0.1) is 0 Å². The second-order valence-electron chi connectivity index (χ2n) is 6.60. The molecule has 1 aliphatic rings. The second-order valence-corrected chi connectivity index (χ2v) is 6.60. The van der Waals surface area contributed by atoms with E-state index in [9.17, 15) is 4.79 Å². The minimum absolute atomic E-state index is 0.165. The maximum atomic E-state index is 10.9. The first kappa shape index (κ1) is 16.4. The lowest BCUT2D eigenvalue weighted by Gasteiger charge is -2.13. The number of H-pyrrole nitrogens is 1.